The second-order valence-corrected chi connectivity index (χ2v) is 8.19. The van der Waals surface area contributed by atoms with Gasteiger partial charge in [0.2, 0.25) is 5.91 Å². The molecule has 2 saturated heterocycles. The highest BCUT2D eigenvalue weighted by molar-refractivity contribution is 6.15. The molecule has 2 aromatic carbocycles. The summed E-state index contributed by atoms with van der Waals surface area (Å²) in [5.41, 5.74) is 1.44. The van der Waals surface area contributed by atoms with Crippen LogP contribution in [0.4, 0.5) is 0 Å². The van der Waals surface area contributed by atoms with Gasteiger partial charge in [0, 0.05) is 43.2 Å². The highest BCUT2D eigenvalue weighted by Crippen LogP contribution is 2.24. The van der Waals surface area contributed by atoms with Crippen molar-refractivity contribution < 1.29 is 14.4 Å². The largest absolute Gasteiger partial charge is 0.342 e. The van der Waals surface area contributed by atoms with Crippen LogP contribution in [-0.2, 0) is 4.79 Å². The summed E-state index contributed by atoms with van der Waals surface area (Å²) in [6.45, 7) is 2.84. The Morgan fingerprint density at radius 1 is 0.667 bits per heavy atom. The van der Waals surface area contributed by atoms with E-state index >= 15 is 0 Å². The molecule has 2 heterocycles. The van der Waals surface area contributed by atoms with Crippen molar-refractivity contribution in [2.24, 2.45) is 5.92 Å². The van der Waals surface area contributed by atoms with Crippen LogP contribution < -0.4 is 0 Å². The molecule has 2 aliphatic rings. The van der Waals surface area contributed by atoms with Gasteiger partial charge >= 0.3 is 0 Å². The Hall–Kier alpha value is -2.95. The van der Waals surface area contributed by atoms with Crippen molar-refractivity contribution in [2.75, 3.05) is 26.2 Å². The molecular weight excluding hydrogens is 376 g/mol. The van der Waals surface area contributed by atoms with Crippen LogP contribution in [0.15, 0.2) is 54.6 Å². The lowest BCUT2D eigenvalue weighted by Crippen LogP contribution is -2.45. The molecule has 30 heavy (non-hydrogen) atoms. The third-order valence-electron chi connectivity index (χ3n) is 6.24. The number of nitrogens with zero attached hydrogens (tertiary/aromatic N) is 2. The average molecular weight is 405 g/mol. The lowest BCUT2D eigenvalue weighted by atomic mass is 9.93. The maximum atomic E-state index is 13.2. The minimum Gasteiger partial charge on any atom is -0.342 e. The molecule has 2 fully saturated rings. The predicted octanol–water partition coefficient (Wildman–Crippen LogP) is 3.78. The van der Waals surface area contributed by atoms with Crippen molar-refractivity contribution >= 4 is 17.6 Å². The van der Waals surface area contributed by atoms with Gasteiger partial charge in [0.15, 0.2) is 5.78 Å². The van der Waals surface area contributed by atoms with Crippen LogP contribution in [0.5, 0.6) is 0 Å². The summed E-state index contributed by atoms with van der Waals surface area (Å²) >= 11 is 0. The molecule has 0 aliphatic carbocycles. The Labute approximate surface area is 177 Å². The van der Waals surface area contributed by atoms with E-state index in [0.29, 0.717) is 42.6 Å². The van der Waals surface area contributed by atoms with Crippen molar-refractivity contribution in [3.8, 4) is 0 Å². The van der Waals surface area contributed by atoms with Gasteiger partial charge in [-0.3, -0.25) is 14.4 Å². The molecule has 156 valence electrons. The fraction of sp³-hybridized carbons (Fsp3) is 0.400. The van der Waals surface area contributed by atoms with Gasteiger partial charge in [0.25, 0.3) is 5.91 Å². The topological polar surface area (TPSA) is 57.7 Å². The molecule has 0 spiro atoms. The Morgan fingerprint density at radius 3 is 1.93 bits per heavy atom. The van der Waals surface area contributed by atoms with Crippen LogP contribution in [-0.4, -0.2) is 53.6 Å². The van der Waals surface area contributed by atoms with Gasteiger partial charge < -0.3 is 9.80 Å². The average Bonchev–Trinajstić information content (AvgIpc) is 2.84. The predicted molar refractivity (Wildman–Crippen MR) is 115 cm³/mol. The number of ketones is 1. The van der Waals surface area contributed by atoms with Crippen molar-refractivity contribution in [3.05, 3.63) is 71.3 Å². The molecule has 0 unspecified atom stereocenters. The fourth-order valence-corrected chi connectivity index (χ4v) is 4.49. The van der Waals surface area contributed by atoms with Gasteiger partial charge in [0.05, 0.1) is 5.56 Å². The maximum absolute atomic E-state index is 13.2. The fourth-order valence-electron chi connectivity index (χ4n) is 4.49. The summed E-state index contributed by atoms with van der Waals surface area (Å²) in [5.74, 6) is -0.0109. The summed E-state index contributed by atoms with van der Waals surface area (Å²) in [5, 5.41) is 0. The number of carbonyl (C=O) groups is 3. The second kappa shape index (κ2) is 9.24. The lowest BCUT2D eigenvalue weighted by Gasteiger charge is -2.35. The molecule has 0 bridgehead atoms. The molecule has 2 amide bonds. The standard InChI is InChI=1S/C25H28N2O3/c28-23(19-9-3-1-4-10-19)21-11-5-6-12-22(21)25(30)27-17-13-20(14-18-27)24(29)26-15-7-2-8-16-26/h1,3-6,9-12,20H,2,7-8,13-18H2. The van der Waals surface area contributed by atoms with E-state index in [9.17, 15) is 14.4 Å². The van der Waals surface area contributed by atoms with E-state index in [0.717, 1.165) is 25.9 Å². The number of piperidine rings is 2. The van der Waals surface area contributed by atoms with E-state index in [1.54, 1.807) is 41.3 Å². The molecule has 0 aromatic heterocycles. The second-order valence-electron chi connectivity index (χ2n) is 8.19. The Bertz CT molecular complexity index is 911. The lowest BCUT2D eigenvalue weighted by molar-refractivity contribution is -0.137. The first-order valence-electron chi connectivity index (χ1n) is 10.9. The molecule has 0 atom stereocenters. The zero-order valence-electron chi connectivity index (χ0n) is 17.3. The molecule has 2 aliphatic heterocycles. The minimum atomic E-state index is -0.144. The number of hydrogen-bond donors (Lipinski definition) is 0. The number of hydrogen-bond acceptors (Lipinski definition) is 3. The zero-order chi connectivity index (χ0) is 20.9. The summed E-state index contributed by atoms with van der Waals surface area (Å²) in [4.78, 5) is 42.7. The van der Waals surface area contributed by atoms with Crippen LogP contribution in [0.1, 0.15) is 58.4 Å². The molecule has 0 radical (unpaired) electrons. The third-order valence-corrected chi connectivity index (χ3v) is 6.24. The Morgan fingerprint density at radius 2 is 1.27 bits per heavy atom. The monoisotopic (exact) mass is 404 g/mol. The molecule has 0 N–H and O–H groups in total. The third kappa shape index (κ3) is 4.30. The number of amides is 2. The van der Waals surface area contributed by atoms with E-state index in [-0.39, 0.29) is 23.5 Å². The molecule has 0 saturated carbocycles. The maximum Gasteiger partial charge on any atom is 0.254 e. The first-order valence-corrected chi connectivity index (χ1v) is 10.9. The SMILES string of the molecule is O=C(c1ccccc1)c1ccccc1C(=O)N1CCC(C(=O)N2CCCCC2)CC1. The smallest absolute Gasteiger partial charge is 0.254 e. The van der Waals surface area contributed by atoms with Gasteiger partial charge in [0.1, 0.15) is 0 Å². The highest BCUT2D eigenvalue weighted by Gasteiger charge is 2.32. The zero-order valence-corrected chi connectivity index (χ0v) is 17.3. The van der Waals surface area contributed by atoms with E-state index in [1.807, 2.05) is 23.1 Å². The summed E-state index contributed by atoms with van der Waals surface area (Å²) in [6, 6.07) is 16.1. The van der Waals surface area contributed by atoms with E-state index in [1.165, 1.54) is 6.42 Å². The Balaban J connectivity index is 1.44. The van der Waals surface area contributed by atoms with E-state index < -0.39 is 0 Å². The number of rotatable bonds is 4. The van der Waals surface area contributed by atoms with Crippen LogP contribution in [0.3, 0.4) is 0 Å². The van der Waals surface area contributed by atoms with Crippen LogP contribution >= 0.6 is 0 Å². The normalized spacial score (nSPS) is 17.6. The summed E-state index contributed by atoms with van der Waals surface area (Å²) in [6.07, 6.45) is 4.77. The van der Waals surface area contributed by atoms with Gasteiger partial charge in [-0.2, -0.15) is 0 Å². The molecule has 2 aromatic rings. The van der Waals surface area contributed by atoms with Crippen molar-refractivity contribution in [2.45, 2.75) is 32.1 Å². The minimum absolute atomic E-state index is 0.00773. The van der Waals surface area contributed by atoms with Crippen LogP contribution in [0.2, 0.25) is 0 Å². The summed E-state index contributed by atoms with van der Waals surface area (Å²) in [7, 11) is 0. The van der Waals surface area contributed by atoms with Crippen LogP contribution in [0, 0.1) is 5.92 Å². The van der Waals surface area contributed by atoms with Crippen molar-refractivity contribution in [1.29, 1.82) is 0 Å². The number of benzene rings is 2. The van der Waals surface area contributed by atoms with E-state index in [4.69, 9.17) is 0 Å². The molecule has 5 heteroatoms. The Kier molecular flexibility index (Phi) is 6.26. The quantitative estimate of drug-likeness (QED) is 0.729. The van der Waals surface area contributed by atoms with Crippen LogP contribution in [0.25, 0.3) is 0 Å². The van der Waals surface area contributed by atoms with Gasteiger partial charge in [-0.15, -0.1) is 0 Å². The van der Waals surface area contributed by atoms with Crippen molar-refractivity contribution in [1.82, 2.24) is 9.80 Å². The molecule has 5 nitrogen and oxygen atoms in total. The summed E-state index contributed by atoms with van der Waals surface area (Å²) < 4.78 is 0. The number of carbonyl (C=O) groups excluding carboxylic acids is 3. The van der Waals surface area contributed by atoms with Gasteiger partial charge in [-0.05, 0) is 38.2 Å². The molecule has 4 rings (SSSR count). The van der Waals surface area contributed by atoms with Crippen molar-refractivity contribution in [3.63, 3.8) is 0 Å². The highest BCUT2D eigenvalue weighted by atomic mass is 16.2. The van der Waals surface area contributed by atoms with E-state index in [2.05, 4.69) is 0 Å². The van der Waals surface area contributed by atoms with Gasteiger partial charge in [-0.25, -0.2) is 0 Å². The first-order chi connectivity index (χ1) is 14.6. The molecular formula is C25H28N2O3. The first kappa shape index (κ1) is 20.3. The van der Waals surface area contributed by atoms with Gasteiger partial charge in [-0.1, -0.05) is 48.5 Å². The number of likely N-dealkylation sites (tertiary alicyclic amines) is 2.